The van der Waals surface area contributed by atoms with Gasteiger partial charge in [-0.15, -0.1) is 11.8 Å². The van der Waals surface area contributed by atoms with E-state index in [0.717, 1.165) is 22.3 Å². The highest BCUT2D eigenvalue weighted by atomic mass is 32.2. The fourth-order valence-corrected chi connectivity index (χ4v) is 3.24. The van der Waals surface area contributed by atoms with Crippen LogP contribution in [0.2, 0.25) is 0 Å². The van der Waals surface area contributed by atoms with Crippen molar-refractivity contribution in [2.45, 2.75) is 10.6 Å². The monoisotopic (exact) mass is 296 g/mol. The van der Waals surface area contributed by atoms with Crippen molar-refractivity contribution in [3.63, 3.8) is 0 Å². The molecule has 0 fully saturated rings. The Morgan fingerprint density at radius 1 is 1.10 bits per heavy atom. The summed E-state index contributed by atoms with van der Waals surface area (Å²) >= 11 is 1.76. The zero-order valence-electron chi connectivity index (χ0n) is 11.7. The van der Waals surface area contributed by atoms with Crippen molar-refractivity contribution >= 4 is 28.4 Å². The quantitative estimate of drug-likeness (QED) is 0.706. The largest absolute Gasteiger partial charge is 0.507 e. The van der Waals surface area contributed by atoms with Crippen molar-refractivity contribution in [1.29, 1.82) is 0 Å². The number of aromatic hydroxyl groups is 1. The van der Waals surface area contributed by atoms with Gasteiger partial charge in [-0.05, 0) is 35.2 Å². The fraction of sp³-hybridized carbons (Fsp3) is 0.118. The molecule has 106 valence electrons. The molecule has 0 radical (unpaired) electrons. The standard InChI is InChI=1S/C17H16N2OS/c1-18-17-10-12(8-9-19-17)11-21-16-7-6-15(20)13-4-2-3-5-14(13)16/h2-10,20H,11H2,1H3,(H,18,19). The Bertz CT molecular complexity index is 774. The van der Waals surface area contributed by atoms with Gasteiger partial charge in [-0.25, -0.2) is 4.98 Å². The Morgan fingerprint density at radius 2 is 1.90 bits per heavy atom. The molecule has 0 saturated heterocycles. The molecular weight excluding hydrogens is 280 g/mol. The van der Waals surface area contributed by atoms with E-state index in [0.29, 0.717) is 5.75 Å². The van der Waals surface area contributed by atoms with E-state index in [1.807, 2.05) is 49.6 Å². The number of nitrogens with one attached hydrogen (secondary N) is 1. The SMILES string of the molecule is CNc1cc(CSc2ccc(O)c3ccccc23)ccn1. The van der Waals surface area contributed by atoms with E-state index in [1.54, 1.807) is 17.8 Å². The number of rotatable bonds is 4. The van der Waals surface area contributed by atoms with Crippen LogP contribution in [0.3, 0.4) is 0 Å². The van der Waals surface area contributed by atoms with Crippen molar-refractivity contribution in [3.05, 3.63) is 60.3 Å². The number of pyridine rings is 1. The third-order valence-electron chi connectivity index (χ3n) is 3.34. The van der Waals surface area contributed by atoms with Crippen LogP contribution in [-0.2, 0) is 5.75 Å². The van der Waals surface area contributed by atoms with Gasteiger partial charge < -0.3 is 10.4 Å². The Hall–Kier alpha value is -2.20. The van der Waals surface area contributed by atoms with Gasteiger partial charge in [0, 0.05) is 29.3 Å². The van der Waals surface area contributed by atoms with Crippen molar-refractivity contribution in [1.82, 2.24) is 4.98 Å². The number of phenols is 1. The maximum Gasteiger partial charge on any atom is 0.125 e. The number of thioether (sulfide) groups is 1. The summed E-state index contributed by atoms with van der Waals surface area (Å²) in [7, 11) is 1.87. The lowest BCUT2D eigenvalue weighted by Crippen LogP contribution is -1.92. The Kier molecular flexibility index (Phi) is 3.97. The Labute approximate surface area is 128 Å². The summed E-state index contributed by atoms with van der Waals surface area (Å²) in [4.78, 5) is 5.39. The fourth-order valence-electron chi connectivity index (χ4n) is 2.24. The summed E-state index contributed by atoms with van der Waals surface area (Å²) in [5, 5.41) is 15.0. The second kappa shape index (κ2) is 6.06. The molecule has 1 heterocycles. The van der Waals surface area contributed by atoms with Crippen LogP contribution in [0.1, 0.15) is 5.56 Å². The van der Waals surface area contributed by atoms with Gasteiger partial charge in [0.2, 0.25) is 0 Å². The van der Waals surface area contributed by atoms with Crippen LogP contribution in [0.5, 0.6) is 5.75 Å². The number of benzene rings is 2. The predicted molar refractivity (Wildman–Crippen MR) is 89.0 cm³/mol. The highest BCUT2D eigenvalue weighted by Crippen LogP contribution is 2.34. The second-order valence-corrected chi connectivity index (χ2v) is 5.73. The number of nitrogens with zero attached hydrogens (tertiary/aromatic N) is 1. The smallest absolute Gasteiger partial charge is 0.125 e. The molecule has 0 aliphatic heterocycles. The molecule has 0 spiro atoms. The van der Waals surface area contributed by atoms with Gasteiger partial charge in [-0.3, -0.25) is 0 Å². The van der Waals surface area contributed by atoms with Crippen molar-refractivity contribution < 1.29 is 5.11 Å². The first-order valence-electron chi connectivity index (χ1n) is 6.74. The number of fused-ring (bicyclic) bond motifs is 1. The first kappa shape index (κ1) is 13.8. The van der Waals surface area contributed by atoms with Crippen molar-refractivity contribution in [2.24, 2.45) is 0 Å². The second-order valence-electron chi connectivity index (χ2n) is 4.72. The molecular formula is C17H16N2OS. The van der Waals surface area contributed by atoms with E-state index in [1.165, 1.54) is 10.5 Å². The van der Waals surface area contributed by atoms with Gasteiger partial charge in [0.05, 0.1) is 0 Å². The Balaban J connectivity index is 1.87. The molecule has 2 N–H and O–H groups in total. The van der Waals surface area contributed by atoms with Crippen LogP contribution < -0.4 is 5.32 Å². The molecule has 3 nitrogen and oxygen atoms in total. The maximum absolute atomic E-state index is 9.92. The third-order valence-corrected chi connectivity index (χ3v) is 4.48. The molecule has 0 saturated carbocycles. The summed E-state index contributed by atoms with van der Waals surface area (Å²) in [6, 6.07) is 15.7. The molecule has 0 aliphatic carbocycles. The topological polar surface area (TPSA) is 45.1 Å². The van der Waals surface area contributed by atoms with Crippen LogP contribution in [0.15, 0.2) is 59.6 Å². The van der Waals surface area contributed by atoms with Gasteiger partial charge in [-0.2, -0.15) is 0 Å². The van der Waals surface area contributed by atoms with Gasteiger partial charge >= 0.3 is 0 Å². The molecule has 0 unspecified atom stereocenters. The molecule has 0 aliphatic rings. The molecule has 0 bridgehead atoms. The van der Waals surface area contributed by atoms with Crippen molar-refractivity contribution in [2.75, 3.05) is 12.4 Å². The van der Waals surface area contributed by atoms with E-state index >= 15 is 0 Å². The lowest BCUT2D eigenvalue weighted by Gasteiger charge is -2.08. The molecule has 0 amide bonds. The van der Waals surface area contributed by atoms with Crippen LogP contribution in [-0.4, -0.2) is 17.1 Å². The average Bonchev–Trinajstić information content (AvgIpc) is 2.55. The van der Waals surface area contributed by atoms with Crippen LogP contribution in [0, 0.1) is 0 Å². The van der Waals surface area contributed by atoms with Crippen LogP contribution in [0.4, 0.5) is 5.82 Å². The van der Waals surface area contributed by atoms with Gasteiger partial charge in [0.1, 0.15) is 11.6 Å². The first-order valence-corrected chi connectivity index (χ1v) is 7.72. The molecule has 0 atom stereocenters. The summed E-state index contributed by atoms with van der Waals surface area (Å²) in [5.41, 5.74) is 1.22. The van der Waals surface area contributed by atoms with Crippen LogP contribution >= 0.6 is 11.8 Å². The lowest BCUT2D eigenvalue weighted by atomic mass is 10.1. The van der Waals surface area contributed by atoms with E-state index in [9.17, 15) is 5.11 Å². The highest BCUT2D eigenvalue weighted by molar-refractivity contribution is 7.98. The lowest BCUT2D eigenvalue weighted by molar-refractivity contribution is 0.481. The molecule has 4 heteroatoms. The van der Waals surface area contributed by atoms with E-state index in [4.69, 9.17) is 0 Å². The summed E-state index contributed by atoms with van der Waals surface area (Å²) < 4.78 is 0. The van der Waals surface area contributed by atoms with E-state index in [-0.39, 0.29) is 0 Å². The van der Waals surface area contributed by atoms with E-state index < -0.39 is 0 Å². The first-order chi connectivity index (χ1) is 10.3. The number of phenolic OH excluding ortho intramolecular Hbond substituents is 1. The zero-order chi connectivity index (χ0) is 14.7. The predicted octanol–water partition coefficient (Wildman–Crippen LogP) is 4.27. The molecule has 1 aromatic heterocycles. The molecule has 3 aromatic rings. The third kappa shape index (κ3) is 2.95. The maximum atomic E-state index is 9.92. The van der Waals surface area contributed by atoms with Gasteiger partial charge in [-0.1, -0.05) is 24.3 Å². The molecule has 21 heavy (non-hydrogen) atoms. The van der Waals surface area contributed by atoms with Gasteiger partial charge in [0.15, 0.2) is 0 Å². The summed E-state index contributed by atoms with van der Waals surface area (Å²) in [5.74, 6) is 2.08. The highest BCUT2D eigenvalue weighted by Gasteiger charge is 2.06. The minimum atomic E-state index is 0.330. The normalized spacial score (nSPS) is 10.7. The van der Waals surface area contributed by atoms with E-state index in [2.05, 4.69) is 16.4 Å². The minimum Gasteiger partial charge on any atom is -0.507 e. The Morgan fingerprint density at radius 3 is 2.71 bits per heavy atom. The van der Waals surface area contributed by atoms with Crippen molar-refractivity contribution in [3.8, 4) is 5.75 Å². The van der Waals surface area contributed by atoms with Gasteiger partial charge in [0.25, 0.3) is 0 Å². The zero-order valence-corrected chi connectivity index (χ0v) is 12.5. The summed E-state index contributed by atoms with van der Waals surface area (Å²) in [6.45, 7) is 0. The number of aromatic nitrogens is 1. The average molecular weight is 296 g/mol. The minimum absolute atomic E-state index is 0.330. The molecule has 3 rings (SSSR count). The van der Waals surface area contributed by atoms with Crippen LogP contribution in [0.25, 0.3) is 10.8 Å². The molecule has 2 aromatic carbocycles. The number of anilines is 1. The summed E-state index contributed by atoms with van der Waals surface area (Å²) in [6.07, 6.45) is 1.82. The number of hydrogen-bond donors (Lipinski definition) is 2. The number of hydrogen-bond acceptors (Lipinski definition) is 4.